The summed E-state index contributed by atoms with van der Waals surface area (Å²) in [5.74, 6) is 3.08. The van der Waals surface area contributed by atoms with Gasteiger partial charge in [-0.05, 0) is 48.5 Å². The maximum absolute atomic E-state index is 4.64. The maximum Gasteiger partial charge on any atom is 0.0426 e. The highest BCUT2D eigenvalue weighted by Gasteiger charge is 2.55. The van der Waals surface area contributed by atoms with Crippen molar-refractivity contribution < 1.29 is 0 Å². The van der Waals surface area contributed by atoms with Crippen LogP contribution in [0.1, 0.15) is 61.3 Å². The Hall–Kier alpha value is -0.790. The highest BCUT2D eigenvalue weighted by molar-refractivity contribution is 5.89. The van der Waals surface area contributed by atoms with E-state index in [-0.39, 0.29) is 5.41 Å². The quantitative estimate of drug-likeness (QED) is 0.687. The first-order valence-corrected chi connectivity index (χ1v) is 8.15. The van der Waals surface area contributed by atoms with Crippen molar-refractivity contribution in [2.45, 2.75) is 61.3 Å². The molecule has 0 amide bonds. The Morgan fingerprint density at radius 3 is 2.25 bits per heavy atom. The number of hydrogen-bond donors (Lipinski definition) is 1. The van der Waals surface area contributed by atoms with Gasteiger partial charge in [0, 0.05) is 22.7 Å². The molecule has 112 valence electrons. The van der Waals surface area contributed by atoms with Crippen LogP contribution in [0.4, 0.5) is 0 Å². The van der Waals surface area contributed by atoms with Gasteiger partial charge in [-0.2, -0.15) is 5.10 Å². The minimum absolute atomic E-state index is 0.171. The predicted octanol–water partition coefficient (Wildman–Crippen LogP) is 4.58. The van der Waals surface area contributed by atoms with Crippen LogP contribution in [-0.2, 0) is 0 Å². The lowest BCUT2D eigenvalue weighted by Gasteiger charge is -2.42. The molecule has 4 unspecified atom stereocenters. The summed E-state index contributed by atoms with van der Waals surface area (Å²) in [6.07, 6.45) is 2.78. The first-order chi connectivity index (χ1) is 9.10. The zero-order chi connectivity index (χ0) is 14.9. The number of allylic oxidation sites excluding steroid dienone is 2. The van der Waals surface area contributed by atoms with Crippen LogP contribution in [0.2, 0.25) is 0 Å². The number of nitrogens with zero attached hydrogens (tertiary/aromatic N) is 1. The topological polar surface area (TPSA) is 24.4 Å². The average Bonchev–Trinajstić information content (AvgIpc) is 2.84. The molecule has 2 fully saturated rings. The van der Waals surface area contributed by atoms with Gasteiger partial charge in [0.05, 0.1) is 0 Å². The minimum Gasteiger partial charge on any atom is -0.282 e. The third-order valence-electron chi connectivity index (χ3n) is 5.75. The van der Waals surface area contributed by atoms with Crippen LogP contribution < -0.4 is 5.43 Å². The lowest BCUT2D eigenvalue weighted by molar-refractivity contribution is 0.177. The minimum atomic E-state index is 0.171. The van der Waals surface area contributed by atoms with Crippen LogP contribution >= 0.6 is 0 Å². The van der Waals surface area contributed by atoms with Gasteiger partial charge in [0.15, 0.2) is 0 Å². The first-order valence-electron chi connectivity index (χ1n) is 8.15. The molecule has 1 heterocycles. The number of rotatable bonds is 0. The predicted molar refractivity (Wildman–Crippen MR) is 85.4 cm³/mol. The summed E-state index contributed by atoms with van der Waals surface area (Å²) >= 11 is 0. The van der Waals surface area contributed by atoms with E-state index in [0.717, 1.165) is 17.8 Å². The van der Waals surface area contributed by atoms with E-state index in [4.69, 9.17) is 0 Å². The molecule has 1 aliphatic heterocycles. The fraction of sp³-hybridized carbons (Fsp3) is 0.833. The number of nitrogens with one attached hydrogen (secondary N) is 1. The molecular formula is C18H30N2. The van der Waals surface area contributed by atoms with E-state index in [2.05, 4.69) is 59.0 Å². The van der Waals surface area contributed by atoms with Crippen LogP contribution in [0.15, 0.2) is 16.4 Å². The van der Waals surface area contributed by atoms with Crippen molar-refractivity contribution in [1.29, 1.82) is 0 Å². The second kappa shape index (κ2) is 4.11. The Labute approximate surface area is 124 Å². The average molecular weight is 274 g/mol. The fourth-order valence-corrected chi connectivity index (χ4v) is 4.92. The fourth-order valence-electron chi connectivity index (χ4n) is 4.92. The number of hydrazone groups is 1. The second-order valence-electron chi connectivity index (χ2n) is 9.23. The summed E-state index contributed by atoms with van der Waals surface area (Å²) in [6.45, 7) is 16.4. The Balaban J connectivity index is 2.06. The zero-order valence-corrected chi connectivity index (χ0v) is 14.2. The monoisotopic (exact) mass is 274 g/mol. The Bertz CT molecular complexity index is 485. The molecule has 0 radical (unpaired) electrons. The smallest absolute Gasteiger partial charge is 0.0426 e. The van der Waals surface area contributed by atoms with E-state index < -0.39 is 0 Å². The normalized spacial score (nSPS) is 36.9. The van der Waals surface area contributed by atoms with E-state index in [9.17, 15) is 0 Å². The van der Waals surface area contributed by atoms with Crippen LogP contribution in [0.25, 0.3) is 0 Å². The molecule has 1 N–H and O–H groups in total. The summed E-state index contributed by atoms with van der Waals surface area (Å²) in [4.78, 5) is 0. The van der Waals surface area contributed by atoms with Crippen LogP contribution in [0, 0.1) is 34.5 Å². The van der Waals surface area contributed by atoms with Gasteiger partial charge in [0.1, 0.15) is 0 Å². The van der Waals surface area contributed by atoms with Crippen molar-refractivity contribution in [3.05, 3.63) is 11.3 Å². The van der Waals surface area contributed by atoms with E-state index in [0.29, 0.717) is 11.3 Å². The van der Waals surface area contributed by atoms with E-state index >= 15 is 0 Å². The highest BCUT2D eigenvalue weighted by atomic mass is 15.3. The van der Waals surface area contributed by atoms with Gasteiger partial charge >= 0.3 is 0 Å². The van der Waals surface area contributed by atoms with Crippen molar-refractivity contribution in [1.82, 2.24) is 5.43 Å². The third-order valence-corrected chi connectivity index (χ3v) is 5.75. The van der Waals surface area contributed by atoms with Gasteiger partial charge in [-0.25, -0.2) is 0 Å². The molecular weight excluding hydrogens is 244 g/mol. The molecule has 2 heteroatoms. The standard InChI is InChI=1S/C18H30N2/c1-10-14-11-8-12(13(9-11)17(2,3)4)15(14)16(20-19-10)18(5,6)7/h11-14,20H,8-9H2,1-7H3. The van der Waals surface area contributed by atoms with Gasteiger partial charge in [-0.3, -0.25) is 5.43 Å². The number of hydrogen-bond acceptors (Lipinski definition) is 2. The zero-order valence-electron chi connectivity index (χ0n) is 14.2. The molecule has 2 saturated carbocycles. The molecule has 4 atom stereocenters. The molecule has 0 saturated heterocycles. The lowest BCUT2D eigenvalue weighted by Crippen LogP contribution is -2.39. The van der Waals surface area contributed by atoms with Crippen molar-refractivity contribution in [3.8, 4) is 0 Å². The van der Waals surface area contributed by atoms with Crippen molar-refractivity contribution in [3.63, 3.8) is 0 Å². The van der Waals surface area contributed by atoms with E-state index in [1.54, 1.807) is 5.57 Å². The molecule has 2 aliphatic carbocycles. The summed E-state index contributed by atoms with van der Waals surface area (Å²) in [7, 11) is 0. The molecule has 0 spiro atoms. The van der Waals surface area contributed by atoms with Crippen molar-refractivity contribution in [2.24, 2.45) is 39.6 Å². The van der Waals surface area contributed by atoms with Gasteiger partial charge in [0.2, 0.25) is 0 Å². The molecule has 20 heavy (non-hydrogen) atoms. The summed E-state index contributed by atoms with van der Waals surface area (Å²) in [5, 5.41) is 4.64. The van der Waals surface area contributed by atoms with Crippen molar-refractivity contribution >= 4 is 5.71 Å². The largest absolute Gasteiger partial charge is 0.282 e. The summed E-state index contributed by atoms with van der Waals surface area (Å²) in [5.41, 5.74) is 8.43. The number of fused-ring (bicyclic) bond motifs is 5. The Kier molecular flexibility index (Phi) is 2.91. The Morgan fingerprint density at radius 1 is 1.05 bits per heavy atom. The SMILES string of the molecule is CC1=NNC(C(C)(C)C)=C2C3CC(CC3C(C)(C)C)C12. The molecule has 0 aromatic heterocycles. The molecule has 3 rings (SSSR count). The van der Waals surface area contributed by atoms with Crippen molar-refractivity contribution in [2.75, 3.05) is 0 Å². The molecule has 2 bridgehead atoms. The highest BCUT2D eigenvalue weighted by Crippen LogP contribution is 2.61. The maximum atomic E-state index is 4.64. The molecule has 2 nitrogen and oxygen atoms in total. The summed E-state index contributed by atoms with van der Waals surface area (Å²) in [6, 6.07) is 0. The second-order valence-corrected chi connectivity index (χ2v) is 9.23. The van der Waals surface area contributed by atoms with E-state index in [1.807, 2.05) is 0 Å². The lowest BCUT2D eigenvalue weighted by atomic mass is 9.65. The van der Waals surface area contributed by atoms with Crippen LogP contribution in [0.5, 0.6) is 0 Å². The summed E-state index contributed by atoms with van der Waals surface area (Å²) < 4.78 is 0. The first kappa shape index (κ1) is 14.2. The Morgan fingerprint density at radius 2 is 1.70 bits per heavy atom. The molecule has 3 aliphatic rings. The van der Waals surface area contributed by atoms with Crippen LogP contribution in [-0.4, -0.2) is 5.71 Å². The van der Waals surface area contributed by atoms with Gasteiger partial charge in [-0.15, -0.1) is 0 Å². The van der Waals surface area contributed by atoms with Gasteiger partial charge in [0.25, 0.3) is 0 Å². The molecule has 0 aromatic rings. The molecule has 0 aromatic carbocycles. The van der Waals surface area contributed by atoms with Crippen LogP contribution in [0.3, 0.4) is 0 Å². The van der Waals surface area contributed by atoms with Gasteiger partial charge < -0.3 is 0 Å². The third kappa shape index (κ3) is 1.95. The van der Waals surface area contributed by atoms with Gasteiger partial charge in [-0.1, -0.05) is 41.5 Å². The van der Waals surface area contributed by atoms with E-state index in [1.165, 1.54) is 24.3 Å².